The first-order valence-corrected chi connectivity index (χ1v) is 13.6. The van der Waals surface area contributed by atoms with Crippen molar-refractivity contribution in [1.82, 2.24) is 31.2 Å². The van der Waals surface area contributed by atoms with Crippen LogP contribution >= 0.6 is 0 Å². The number of unbranched alkanes of at least 4 members (excludes halogenated alkanes) is 9. The molecule has 0 aromatic carbocycles. The molecule has 0 aliphatic carbocycles. The maximum absolute atomic E-state index is 11.8. The molecule has 198 valence electrons. The van der Waals surface area contributed by atoms with E-state index in [-0.39, 0.29) is 12.1 Å². The first-order valence-electron chi connectivity index (χ1n) is 13.6. The van der Waals surface area contributed by atoms with Gasteiger partial charge in [0.15, 0.2) is 0 Å². The van der Waals surface area contributed by atoms with Crippen LogP contribution in [0.4, 0.5) is 9.59 Å². The minimum Gasteiger partial charge on any atom is -0.338 e. The summed E-state index contributed by atoms with van der Waals surface area (Å²) in [6.07, 6.45) is 20.6. The molecular weight excluding hydrogens is 452 g/mol. The molecule has 2 aromatic heterocycles. The van der Waals surface area contributed by atoms with Gasteiger partial charge in [0.1, 0.15) is 0 Å². The van der Waals surface area contributed by atoms with E-state index in [0.717, 1.165) is 51.6 Å². The molecule has 0 aliphatic rings. The van der Waals surface area contributed by atoms with Gasteiger partial charge in [0.05, 0.1) is 0 Å². The molecule has 0 spiro atoms. The SMILES string of the molecule is O=C(NCCCCCCCCCCCCNC(=O)NCCc1ccncc1)NCCc1ccncc1. The highest BCUT2D eigenvalue weighted by molar-refractivity contribution is 5.74. The number of nitrogens with zero attached hydrogens (tertiary/aromatic N) is 2. The van der Waals surface area contributed by atoms with Crippen LogP contribution in [0.1, 0.15) is 75.3 Å². The largest absolute Gasteiger partial charge is 0.338 e. The van der Waals surface area contributed by atoms with Crippen molar-refractivity contribution in [1.29, 1.82) is 0 Å². The summed E-state index contributed by atoms with van der Waals surface area (Å²) in [6, 6.07) is 7.70. The van der Waals surface area contributed by atoms with E-state index >= 15 is 0 Å². The third-order valence-electron chi connectivity index (χ3n) is 6.07. The van der Waals surface area contributed by atoms with Crippen LogP contribution in [-0.2, 0) is 12.8 Å². The van der Waals surface area contributed by atoms with Crippen molar-refractivity contribution in [3.05, 3.63) is 60.2 Å². The minimum absolute atomic E-state index is 0.0825. The van der Waals surface area contributed by atoms with E-state index in [4.69, 9.17) is 0 Å². The van der Waals surface area contributed by atoms with Crippen molar-refractivity contribution < 1.29 is 9.59 Å². The van der Waals surface area contributed by atoms with Crippen molar-refractivity contribution >= 4 is 12.1 Å². The summed E-state index contributed by atoms with van der Waals surface area (Å²) in [7, 11) is 0. The second-order valence-corrected chi connectivity index (χ2v) is 9.11. The molecule has 0 saturated carbocycles. The molecule has 4 N–H and O–H groups in total. The maximum Gasteiger partial charge on any atom is 0.314 e. The molecule has 36 heavy (non-hydrogen) atoms. The molecule has 0 radical (unpaired) electrons. The number of carbonyl (C=O) groups is 2. The van der Waals surface area contributed by atoms with Crippen LogP contribution in [-0.4, -0.2) is 48.2 Å². The number of rotatable bonds is 19. The van der Waals surface area contributed by atoms with Crippen molar-refractivity contribution in [3.8, 4) is 0 Å². The second kappa shape index (κ2) is 20.1. The zero-order valence-corrected chi connectivity index (χ0v) is 21.6. The average Bonchev–Trinajstić information content (AvgIpc) is 2.90. The van der Waals surface area contributed by atoms with Crippen LogP contribution in [0.25, 0.3) is 0 Å². The number of pyridine rings is 2. The second-order valence-electron chi connectivity index (χ2n) is 9.11. The van der Waals surface area contributed by atoms with Gasteiger partial charge < -0.3 is 21.3 Å². The van der Waals surface area contributed by atoms with Crippen LogP contribution in [0.3, 0.4) is 0 Å². The lowest BCUT2D eigenvalue weighted by Gasteiger charge is -2.08. The quantitative estimate of drug-likeness (QED) is 0.210. The smallest absolute Gasteiger partial charge is 0.314 e. The van der Waals surface area contributed by atoms with Gasteiger partial charge in [-0.05, 0) is 61.1 Å². The van der Waals surface area contributed by atoms with Crippen LogP contribution < -0.4 is 21.3 Å². The number of carbonyl (C=O) groups excluding carboxylic acids is 2. The Bertz CT molecular complexity index is 750. The predicted octanol–water partition coefficient (Wildman–Crippen LogP) is 4.76. The summed E-state index contributed by atoms with van der Waals surface area (Å²) in [5.74, 6) is 0. The van der Waals surface area contributed by atoms with Gasteiger partial charge in [0.25, 0.3) is 0 Å². The highest BCUT2D eigenvalue weighted by Gasteiger charge is 2.01. The summed E-state index contributed by atoms with van der Waals surface area (Å²) in [4.78, 5) is 31.6. The van der Waals surface area contributed by atoms with Gasteiger partial charge in [-0.15, -0.1) is 0 Å². The van der Waals surface area contributed by atoms with Gasteiger partial charge in [-0.25, -0.2) is 9.59 Å². The lowest BCUT2D eigenvalue weighted by molar-refractivity contribution is 0.240. The Morgan fingerprint density at radius 1 is 0.472 bits per heavy atom. The topological polar surface area (TPSA) is 108 Å². The monoisotopic (exact) mass is 496 g/mol. The fourth-order valence-electron chi connectivity index (χ4n) is 3.93. The lowest BCUT2D eigenvalue weighted by Crippen LogP contribution is -2.37. The van der Waals surface area contributed by atoms with Crippen LogP contribution in [0.5, 0.6) is 0 Å². The summed E-state index contributed by atoms with van der Waals surface area (Å²) < 4.78 is 0. The molecule has 0 bridgehead atoms. The molecule has 8 heteroatoms. The van der Waals surface area contributed by atoms with Crippen molar-refractivity contribution in [3.63, 3.8) is 0 Å². The average molecular weight is 497 g/mol. The Kier molecular flexibility index (Phi) is 16.2. The van der Waals surface area contributed by atoms with E-state index in [2.05, 4.69) is 31.2 Å². The number of hydrogen-bond donors (Lipinski definition) is 4. The minimum atomic E-state index is -0.0825. The summed E-state index contributed by atoms with van der Waals surface area (Å²) in [6.45, 7) is 2.74. The zero-order valence-electron chi connectivity index (χ0n) is 21.6. The fourth-order valence-corrected chi connectivity index (χ4v) is 3.93. The lowest BCUT2D eigenvalue weighted by atomic mass is 10.1. The van der Waals surface area contributed by atoms with E-state index in [9.17, 15) is 9.59 Å². The molecule has 0 unspecified atom stereocenters. The van der Waals surface area contributed by atoms with E-state index in [1.165, 1.54) is 49.7 Å². The van der Waals surface area contributed by atoms with Crippen LogP contribution in [0.2, 0.25) is 0 Å². The molecular formula is C28H44N6O2. The van der Waals surface area contributed by atoms with E-state index in [1.54, 1.807) is 24.8 Å². The van der Waals surface area contributed by atoms with Gasteiger partial charge in [-0.3, -0.25) is 9.97 Å². The highest BCUT2D eigenvalue weighted by atomic mass is 16.2. The van der Waals surface area contributed by atoms with Crippen molar-refractivity contribution in [2.75, 3.05) is 26.2 Å². The van der Waals surface area contributed by atoms with Crippen LogP contribution in [0, 0.1) is 0 Å². The van der Waals surface area contributed by atoms with Crippen molar-refractivity contribution in [2.45, 2.75) is 77.0 Å². The Hall–Kier alpha value is -3.16. The first-order chi connectivity index (χ1) is 17.7. The van der Waals surface area contributed by atoms with Gasteiger partial charge in [0.2, 0.25) is 0 Å². The number of amides is 4. The maximum atomic E-state index is 11.8. The summed E-state index contributed by atoms with van der Waals surface area (Å²) >= 11 is 0. The highest BCUT2D eigenvalue weighted by Crippen LogP contribution is 2.10. The van der Waals surface area contributed by atoms with E-state index < -0.39 is 0 Å². The number of hydrogen-bond acceptors (Lipinski definition) is 4. The zero-order chi connectivity index (χ0) is 25.5. The molecule has 2 rings (SSSR count). The van der Waals surface area contributed by atoms with Gasteiger partial charge in [-0.2, -0.15) is 0 Å². The molecule has 0 aliphatic heterocycles. The number of aromatic nitrogens is 2. The Morgan fingerprint density at radius 3 is 1.14 bits per heavy atom. The summed E-state index contributed by atoms with van der Waals surface area (Å²) in [5.41, 5.74) is 2.35. The third-order valence-corrected chi connectivity index (χ3v) is 6.07. The molecule has 4 amide bonds. The normalized spacial score (nSPS) is 10.6. The number of nitrogens with one attached hydrogen (secondary N) is 4. The predicted molar refractivity (Wildman–Crippen MR) is 145 cm³/mol. The molecule has 2 aromatic rings. The fraction of sp³-hybridized carbons (Fsp3) is 0.571. The van der Waals surface area contributed by atoms with Gasteiger partial charge in [-0.1, -0.05) is 51.4 Å². The van der Waals surface area contributed by atoms with Gasteiger partial charge in [0, 0.05) is 51.0 Å². The Labute approximate surface area is 216 Å². The molecule has 0 fully saturated rings. The molecule has 0 atom stereocenters. The van der Waals surface area contributed by atoms with Crippen molar-refractivity contribution in [2.24, 2.45) is 0 Å². The molecule has 0 saturated heterocycles. The standard InChI is InChI=1S/C28H44N6O2/c35-27(33-23-15-25-11-19-29-20-12-25)31-17-9-7-5-3-1-2-4-6-8-10-18-32-28(36)34-24-16-26-13-21-30-22-14-26/h11-14,19-22H,1-10,15-18,23-24H2,(H2,31,33,35)(H2,32,34,36). The number of urea groups is 2. The Balaban J connectivity index is 1.26. The molecule has 2 heterocycles. The first kappa shape index (κ1) is 29.1. The summed E-state index contributed by atoms with van der Waals surface area (Å²) in [5, 5.41) is 11.7. The van der Waals surface area contributed by atoms with E-state index in [1.807, 2.05) is 24.3 Å². The van der Waals surface area contributed by atoms with Gasteiger partial charge >= 0.3 is 12.1 Å². The van der Waals surface area contributed by atoms with Crippen LogP contribution in [0.15, 0.2) is 49.1 Å². The van der Waals surface area contributed by atoms with E-state index in [0.29, 0.717) is 13.1 Å². The molecule has 8 nitrogen and oxygen atoms in total. The third kappa shape index (κ3) is 15.7. The Morgan fingerprint density at radius 2 is 0.778 bits per heavy atom.